The van der Waals surface area contributed by atoms with Crippen molar-refractivity contribution in [1.29, 1.82) is 0 Å². The molecule has 7 heterocycles. The molecule has 0 unspecified atom stereocenters. The molecule has 29 nitrogen and oxygen atoms in total. The highest BCUT2D eigenvalue weighted by atomic mass is 16.8. The third-order valence-corrected chi connectivity index (χ3v) is 11.9. The highest BCUT2D eigenvalue weighted by Gasteiger charge is 2.54. The molecule has 0 saturated carbocycles. The van der Waals surface area contributed by atoms with E-state index < -0.39 is 218 Å². The maximum atomic E-state index is 11.8. The Kier molecular flexibility index (Phi) is 17.1. The predicted molar refractivity (Wildman–Crippen MR) is 190 cm³/mol. The zero-order chi connectivity index (χ0) is 46.3. The fourth-order valence-corrected chi connectivity index (χ4v) is 7.93. The highest BCUT2D eigenvalue weighted by Crippen LogP contribution is 2.34. The Hall–Kier alpha value is -1.16. The average Bonchev–Trinajstić information content (AvgIpc) is 3.27. The number of aliphatic hydroxyl groups excluding tert-OH is 16. The van der Waals surface area contributed by atoms with Crippen molar-refractivity contribution < 1.29 is 143 Å². The van der Waals surface area contributed by atoms with Gasteiger partial charge in [0.15, 0.2) is 44.0 Å². The standard InChI is InChI=1S/C35H58O29/c36-8-1-53-30(21(45)15(8)39)59-12-5-56-31(24(48)19(12)43)61-13-6-58-35(26(50)27(13)63-32-22(46)16(40)9(37)2-54-32)62-14-7-57-34(60-11-4-52-29(51)20(44)18(11)42)25(49)28(14)64-33-23(47)17(41)10(38)3-55-33/h8-51H,1-7H2/t8-,9+,10+,11-,12-,13-,14-,15+,16+,17+,18+,19+,20-,21-,22-,23-,24-,25-,26-,27+,28+,29-,30+,31+,32+,33+,34+,35+/m1/s1. The normalized spacial score (nSPS) is 54.4. The molecular weight excluding hydrogens is 884 g/mol. The molecule has 0 aromatic heterocycles. The van der Waals surface area contributed by atoms with E-state index in [4.69, 9.17) is 61.6 Å². The maximum Gasteiger partial charge on any atom is 0.186 e. The van der Waals surface area contributed by atoms with Crippen LogP contribution >= 0.6 is 0 Å². The van der Waals surface area contributed by atoms with Crippen LogP contribution in [0, 0.1) is 0 Å². The lowest BCUT2D eigenvalue weighted by Gasteiger charge is -2.48. The van der Waals surface area contributed by atoms with Crippen LogP contribution in [0.2, 0.25) is 0 Å². The van der Waals surface area contributed by atoms with E-state index >= 15 is 0 Å². The van der Waals surface area contributed by atoms with E-state index in [2.05, 4.69) is 0 Å². The number of rotatable bonds is 12. The van der Waals surface area contributed by atoms with Gasteiger partial charge in [-0.15, -0.1) is 0 Å². The van der Waals surface area contributed by atoms with E-state index in [1.807, 2.05) is 0 Å². The van der Waals surface area contributed by atoms with Gasteiger partial charge in [0, 0.05) is 0 Å². The van der Waals surface area contributed by atoms with Crippen molar-refractivity contribution in [2.24, 2.45) is 0 Å². The molecule has 28 atom stereocenters. The molecule has 7 aliphatic heterocycles. The van der Waals surface area contributed by atoms with Gasteiger partial charge < -0.3 is 143 Å². The quantitative estimate of drug-likeness (QED) is 0.0864. The molecule has 372 valence electrons. The maximum absolute atomic E-state index is 11.8. The van der Waals surface area contributed by atoms with Gasteiger partial charge in [-0.05, 0) is 0 Å². The van der Waals surface area contributed by atoms with Crippen LogP contribution in [0.15, 0.2) is 0 Å². The molecule has 7 aliphatic rings. The van der Waals surface area contributed by atoms with E-state index in [-0.39, 0.29) is 0 Å². The molecule has 0 aromatic rings. The summed E-state index contributed by atoms with van der Waals surface area (Å²) < 4.78 is 72.9. The van der Waals surface area contributed by atoms with E-state index in [0.717, 1.165) is 0 Å². The van der Waals surface area contributed by atoms with Crippen LogP contribution in [0.25, 0.3) is 0 Å². The summed E-state index contributed by atoms with van der Waals surface area (Å²) in [5.74, 6) is 0. The Labute approximate surface area is 361 Å². The molecule has 0 bridgehead atoms. The largest absolute Gasteiger partial charge is 0.388 e. The van der Waals surface area contributed by atoms with Gasteiger partial charge in [0.25, 0.3) is 0 Å². The fraction of sp³-hybridized carbons (Fsp3) is 1.00. The third kappa shape index (κ3) is 10.8. The van der Waals surface area contributed by atoms with Crippen molar-refractivity contribution in [3.63, 3.8) is 0 Å². The first kappa shape index (κ1) is 50.7. The SMILES string of the molecule is O[C@@H]1[C@@H](O)[C@H](O[C@@H]2CO[C@@H](O[C@@H]3CO[C@@H](O[C@@H]4CO[C@@H](O[C@@H]5CO[C@@H](O)[C@H](O)[C@H]5O)[C@H](O)[C@H]4O[C@@H]4OC[C@H](O)[C@H](O)[C@H]4O)[C@H](O)[C@H]3O[C@@H]3OC[C@H](O)[C@H](O)[C@H]3O)[C@H](O)[C@H]2O)OC[C@H]1O. The van der Waals surface area contributed by atoms with Gasteiger partial charge in [-0.2, -0.15) is 0 Å². The van der Waals surface area contributed by atoms with Gasteiger partial charge in [0.2, 0.25) is 0 Å². The van der Waals surface area contributed by atoms with E-state index in [1.54, 1.807) is 0 Å². The van der Waals surface area contributed by atoms with E-state index in [1.165, 1.54) is 0 Å². The minimum Gasteiger partial charge on any atom is -0.388 e. The summed E-state index contributed by atoms with van der Waals surface area (Å²) in [5.41, 5.74) is 0. The first-order chi connectivity index (χ1) is 30.4. The molecular formula is C35H58O29. The Morgan fingerprint density at radius 3 is 0.891 bits per heavy atom. The summed E-state index contributed by atoms with van der Waals surface area (Å²) in [7, 11) is 0. The topological polar surface area (TPSA) is 444 Å². The monoisotopic (exact) mass is 942 g/mol. The van der Waals surface area contributed by atoms with Crippen molar-refractivity contribution in [2.45, 2.75) is 172 Å². The Bertz CT molecular complexity index is 1460. The van der Waals surface area contributed by atoms with Crippen LogP contribution in [0.1, 0.15) is 0 Å². The lowest BCUT2D eigenvalue weighted by atomic mass is 10.0. The fourth-order valence-electron chi connectivity index (χ4n) is 7.93. The van der Waals surface area contributed by atoms with E-state index in [0.29, 0.717) is 0 Å². The van der Waals surface area contributed by atoms with Crippen LogP contribution in [-0.2, 0) is 61.6 Å². The van der Waals surface area contributed by atoms with Gasteiger partial charge in [-0.1, -0.05) is 0 Å². The predicted octanol–water partition coefficient (Wildman–Crippen LogP) is -11.8. The van der Waals surface area contributed by atoms with Crippen molar-refractivity contribution in [1.82, 2.24) is 0 Å². The number of hydrogen-bond acceptors (Lipinski definition) is 29. The van der Waals surface area contributed by atoms with Crippen LogP contribution < -0.4 is 0 Å². The van der Waals surface area contributed by atoms with Crippen LogP contribution in [-0.4, -0.2) is 300 Å². The summed E-state index contributed by atoms with van der Waals surface area (Å²) in [6.45, 7) is -3.67. The molecule has 0 amide bonds. The molecule has 0 spiro atoms. The van der Waals surface area contributed by atoms with Crippen molar-refractivity contribution >= 4 is 0 Å². The van der Waals surface area contributed by atoms with Crippen molar-refractivity contribution in [3.05, 3.63) is 0 Å². The molecule has 29 heteroatoms. The lowest BCUT2D eigenvalue weighted by molar-refractivity contribution is -0.387. The average molecular weight is 943 g/mol. The molecule has 7 fully saturated rings. The minimum atomic E-state index is -2.00. The summed E-state index contributed by atoms with van der Waals surface area (Å²) in [6.07, 6.45) is -47.6. The van der Waals surface area contributed by atoms with Gasteiger partial charge in [0.05, 0.1) is 46.2 Å². The minimum absolute atomic E-state index is 0.421. The molecule has 16 N–H and O–H groups in total. The van der Waals surface area contributed by atoms with Crippen LogP contribution in [0.5, 0.6) is 0 Å². The van der Waals surface area contributed by atoms with Crippen molar-refractivity contribution in [2.75, 3.05) is 46.2 Å². The molecule has 7 saturated heterocycles. The Morgan fingerprint density at radius 2 is 0.500 bits per heavy atom. The zero-order valence-electron chi connectivity index (χ0n) is 33.6. The molecule has 0 radical (unpaired) electrons. The number of ether oxygens (including phenoxy) is 13. The lowest BCUT2D eigenvalue weighted by Crippen LogP contribution is -2.65. The van der Waals surface area contributed by atoms with Gasteiger partial charge in [-0.25, -0.2) is 0 Å². The van der Waals surface area contributed by atoms with Gasteiger partial charge in [-0.3, -0.25) is 0 Å². The second-order valence-corrected chi connectivity index (χ2v) is 16.4. The number of hydrogen-bond donors (Lipinski definition) is 16. The van der Waals surface area contributed by atoms with Gasteiger partial charge in [0.1, 0.15) is 128 Å². The zero-order valence-corrected chi connectivity index (χ0v) is 33.6. The van der Waals surface area contributed by atoms with Crippen LogP contribution in [0.3, 0.4) is 0 Å². The summed E-state index contributed by atoms with van der Waals surface area (Å²) in [6, 6.07) is 0. The third-order valence-electron chi connectivity index (χ3n) is 11.9. The van der Waals surface area contributed by atoms with Crippen molar-refractivity contribution in [3.8, 4) is 0 Å². The Balaban J connectivity index is 1.06. The number of aliphatic hydroxyl groups is 16. The molecule has 0 aliphatic carbocycles. The smallest absolute Gasteiger partial charge is 0.186 e. The molecule has 64 heavy (non-hydrogen) atoms. The Morgan fingerprint density at radius 1 is 0.234 bits per heavy atom. The molecule has 7 rings (SSSR count). The molecule has 0 aromatic carbocycles. The van der Waals surface area contributed by atoms with E-state index in [9.17, 15) is 81.7 Å². The summed E-state index contributed by atoms with van der Waals surface area (Å²) in [4.78, 5) is 0. The first-order valence-electron chi connectivity index (χ1n) is 20.5. The second-order valence-electron chi connectivity index (χ2n) is 16.4. The second kappa shape index (κ2) is 21.6. The van der Waals surface area contributed by atoms with Gasteiger partial charge >= 0.3 is 0 Å². The summed E-state index contributed by atoms with van der Waals surface area (Å²) in [5, 5.41) is 168. The highest BCUT2D eigenvalue weighted by molar-refractivity contribution is 4.95. The van der Waals surface area contributed by atoms with Crippen LogP contribution in [0.4, 0.5) is 0 Å². The summed E-state index contributed by atoms with van der Waals surface area (Å²) >= 11 is 0. The first-order valence-corrected chi connectivity index (χ1v) is 20.5.